The first kappa shape index (κ1) is 51.1. The van der Waals surface area contributed by atoms with Crippen LogP contribution in [0.3, 0.4) is 0 Å². The number of hydrogen-bond donors (Lipinski definition) is 0. The topological polar surface area (TPSA) is 25.8 Å². The van der Waals surface area contributed by atoms with Crippen LogP contribution < -0.4 is 0 Å². The lowest BCUT2D eigenvalue weighted by molar-refractivity contribution is 0.518. The summed E-state index contributed by atoms with van der Waals surface area (Å²) in [5.41, 5.74) is 2.54. The van der Waals surface area contributed by atoms with Gasteiger partial charge in [-0.1, -0.05) is 284 Å². The molecular formula is C52H100N2. The van der Waals surface area contributed by atoms with Gasteiger partial charge in [0, 0.05) is 11.4 Å². The van der Waals surface area contributed by atoms with Gasteiger partial charge in [0.15, 0.2) is 0 Å². The molecule has 0 bridgehead atoms. The predicted molar refractivity (Wildman–Crippen MR) is 244 cm³/mol. The molecule has 0 saturated heterocycles. The van der Waals surface area contributed by atoms with E-state index in [1.165, 1.54) is 294 Å². The highest BCUT2D eigenvalue weighted by Crippen LogP contribution is 2.18. The summed E-state index contributed by atoms with van der Waals surface area (Å²) in [5, 5.41) is 0. The zero-order chi connectivity index (χ0) is 38.5. The van der Waals surface area contributed by atoms with Crippen molar-refractivity contribution in [3.8, 4) is 0 Å². The molecule has 1 heterocycles. The summed E-state index contributed by atoms with van der Waals surface area (Å²) in [6, 6.07) is 2.30. The SMILES string of the molecule is CCCCCCCCCCCCCCCCCCCCCCCCc1cc(CCCCCCCCCCCCCCCCCCCCCCCC)ncn1. The summed E-state index contributed by atoms with van der Waals surface area (Å²) in [4.78, 5) is 9.18. The monoisotopic (exact) mass is 753 g/mol. The normalized spacial score (nSPS) is 11.6. The van der Waals surface area contributed by atoms with Gasteiger partial charge in [-0.25, -0.2) is 9.97 Å². The Bertz CT molecular complexity index is 757. The van der Waals surface area contributed by atoms with Crippen LogP contribution in [0.2, 0.25) is 0 Å². The minimum Gasteiger partial charge on any atom is -0.241 e. The summed E-state index contributed by atoms with van der Waals surface area (Å²) in [6.45, 7) is 4.62. The van der Waals surface area contributed by atoms with Crippen molar-refractivity contribution in [2.75, 3.05) is 0 Å². The van der Waals surface area contributed by atoms with E-state index >= 15 is 0 Å². The van der Waals surface area contributed by atoms with Gasteiger partial charge in [-0.05, 0) is 31.7 Å². The van der Waals surface area contributed by atoms with Gasteiger partial charge in [0.1, 0.15) is 6.33 Å². The number of unbranched alkanes of at least 4 members (excludes halogenated alkanes) is 42. The van der Waals surface area contributed by atoms with Crippen molar-refractivity contribution in [1.82, 2.24) is 9.97 Å². The van der Waals surface area contributed by atoms with E-state index in [0.717, 1.165) is 12.8 Å². The second-order valence-electron chi connectivity index (χ2n) is 17.8. The molecule has 1 aromatic rings. The Balaban J connectivity index is 1.78. The predicted octanol–water partition coefficient (Wildman–Crippen LogP) is 18.8. The van der Waals surface area contributed by atoms with Gasteiger partial charge in [-0.2, -0.15) is 0 Å². The van der Waals surface area contributed by atoms with Gasteiger partial charge in [-0.15, -0.1) is 0 Å². The maximum atomic E-state index is 4.59. The van der Waals surface area contributed by atoms with Crippen molar-refractivity contribution in [3.05, 3.63) is 23.8 Å². The molecule has 0 atom stereocenters. The second kappa shape index (κ2) is 44.8. The Morgan fingerprint density at radius 2 is 0.407 bits per heavy atom. The average Bonchev–Trinajstić information content (AvgIpc) is 3.19. The van der Waals surface area contributed by atoms with Gasteiger partial charge in [-0.3, -0.25) is 0 Å². The maximum absolute atomic E-state index is 4.59. The molecule has 0 unspecified atom stereocenters. The van der Waals surface area contributed by atoms with Gasteiger partial charge in [0.05, 0.1) is 0 Å². The second-order valence-corrected chi connectivity index (χ2v) is 17.8. The fourth-order valence-corrected chi connectivity index (χ4v) is 8.55. The van der Waals surface area contributed by atoms with Crippen LogP contribution in [-0.4, -0.2) is 9.97 Å². The first-order valence-electron chi connectivity index (χ1n) is 25.7. The molecule has 0 aliphatic heterocycles. The molecule has 0 aliphatic rings. The van der Waals surface area contributed by atoms with Crippen LogP contribution in [0.4, 0.5) is 0 Å². The number of aromatic nitrogens is 2. The van der Waals surface area contributed by atoms with E-state index in [0.29, 0.717) is 0 Å². The minimum absolute atomic E-state index is 1.13. The number of hydrogen-bond acceptors (Lipinski definition) is 2. The smallest absolute Gasteiger partial charge is 0.115 e. The highest BCUT2D eigenvalue weighted by molar-refractivity contribution is 5.08. The summed E-state index contributed by atoms with van der Waals surface area (Å²) in [5.74, 6) is 0. The molecule has 0 radical (unpaired) electrons. The van der Waals surface area contributed by atoms with E-state index in [-0.39, 0.29) is 0 Å². The lowest BCUT2D eigenvalue weighted by Crippen LogP contribution is -1.97. The van der Waals surface area contributed by atoms with Gasteiger partial charge in [0.25, 0.3) is 0 Å². The lowest BCUT2D eigenvalue weighted by Gasteiger charge is -2.06. The number of nitrogens with zero attached hydrogens (tertiary/aromatic N) is 2. The van der Waals surface area contributed by atoms with Crippen molar-refractivity contribution in [1.29, 1.82) is 0 Å². The molecule has 2 heteroatoms. The van der Waals surface area contributed by atoms with E-state index in [2.05, 4.69) is 29.9 Å². The fourth-order valence-electron chi connectivity index (χ4n) is 8.55. The van der Waals surface area contributed by atoms with Crippen LogP contribution in [0, 0.1) is 0 Å². The molecule has 2 nitrogen and oxygen atoms in total. The van der Waals surface area contributed by atoms with Gasteiger partial charge >= 0.3 is 0 Å². The van der Waals surface area contributed by atoms with E-state index in [9.17, 15) is 0 Å². The summed E-state index contributed by atoms with van der Waals surface area (Å²) >= 11 is 0. The van der Waals surface area contributed by atoms with Crippen molar-refractivity contribution < 1.29 is 0 Å². The summed E-state index contributed by atoms with van der Waals surface area (Å²) < 4.78 is 0. The van der Waals surface area contributed by atoms with Crippen molar-refractivity contribution >= 4 is 0 Å². The molecule has 0 aromatic carbocycles. The third-order valence-corrected chi connectivity index (χ3v) is 12.4. The quantitative estimate of drug-likeness (QED) is 0.0620. The highest BCUT2D eigenvalue weighted by atomic mass is 14.8. The fraction of sp³-hybridized carbons (Fsp3) is 0.923. The van der Waals surface area contributed by atoms with E-state index in [1.54, 1.807) is 0 Å². The zero-order valence-corrected chi connectivity index (χ0v) is 37.6. The molecule has 0 amide bonds. The Labute approximate surface area is 341 Å². The Kier molecular flexibility index (Phi) is 42.4. The molecule has 0 spiro atoms. The molecule has 0 N–H and O–H groups in total. The summed E-state index contributed by atoms with van der Waals surface area (Å²) in [6.07, 6.45) is 67.7. The van der Waals surface area contributed by atoms with Gasteiger partial charge in [0.2, 0.25) is 0 Å². The molecule has 0 saturated carbocycles. The Morgan fingerprint density at radius 1 is 0.241 bits per heavy atom. The van der Waals surface area contributed by atoms with Crippen LogP contribution in [0.15, 0.2) is 12.4 Å². The summed E-state index contributed by atoms with van der Waals surface area (Å²) in [7, 11) is 0. The minimum atomic E-state index is 1.13. The first-order valence-corrected chi connectivity index (χ1v) is 25.7. The molecule has 0 aliphatic carbocycles. The number of aryl methyl sites for hydroxylation is 2. The van der Waals surface area contributed by atoms with E-state index < -0.39 is 0 Å². The Morgan fingerprint density at radius 3 is 0.593 bits per heavy atom. The third-order valence-electron chi connectivity index (χ3n) is 12.4. The largest absolute Gasteiger partial charge is 0.241 e. The van der Waals surface area contributed by atoms with Crippen molar-refractivity contribution in [2.45, 2.75) is 309 Å². The molecule has 0 fully saturated rings. The first-order chi connectivity index (χ1) is 26.9. The van der Waals surface area contributed by atoms with Crippen LogP contribution >= 0.6 is 0 Å². The molecule has 1 aromatic heterocycles. The molecule has 1 rings (SSSR count). The number of rotatable bonds is 46. The molecular weight excluding hydrogens is 653 g/mol. The third kappa shape index (κ3) is 39.3. The van der Waals surface area contributed by atoms with Crippen LogP contribution in [0.1, 0.15) is 308 Å². The lowest BCUT2D eigenvalue weighted by atomic mass is 10.0. The zero-order valence-electron chi connectivity index (χ0n) is 37.6. The Hall–Kier alpha value is -0.920. The average molecular weight is 753 g/mol. The van der Waals surface area contributed by atoms with Crippen LogP contribution in [0.5, 0.6) is 0 Å². The van der Waals surface area contributed by atoms with E-state index in [4.69, 9.17) is 0 Å². The van der Waals surface area contributed by atoms with Crippen LogP contribution in [-0.2, 0) is 12.8 Å². The molecule has 318 valence electrons. The van der Waals surface area contributed by atoms with Gasteiger partial charge < -0.3 is 0 Å². The van der Waals surface area contributed by atoms with Crippen molar-refractivity contribution in [3.63, 3.8) is 0 Å². The molecule has 54 heavy (non-hydrogen) atoms. The van der Waals surface area contributed by atoms with E-state index in [1.807, 2.05) is 6.33 Å². The van der Waals surface area contributed by atoms with Crippen LogP contribution in [0.25, 0.3) is 0 Å². The van der Waals surface area contributed by atoms with Crippen molar-refractivity contribution in [2.24, 2.45) is 0 Å². The standard InChI is InChI=1S/C52H100N2/c1-3-5-7-9-11-13-15-17-19-21-23-25-27-29-31-33-35-37-39-41-43-45-47-51-49-52(54-50-53-51)48-46-44-42-40-38-36-34-32-30-28-26-24-22-20-18-16-14-12-10-8-6-4-2/h49-50H,3-48H2,1-2H3. The maximum Gasteiger partial charge on any atom is 0.115 e. The highest BCUT2D eigenvalue weighted by Gasteiger charge is 2.02.